The average Bonchev–Trinajstić information content (AvgIpc) is 2.60. The van der Waals surface area contributed by atoms with E-state index < -0.39 is 0 Å². The number of anilines is 1. The lowest BCUT2D eigenvalue weighted by Crippen LogP contribution is -2.33. The molecule has 2 nitrogen and oxygen atoms in total. The van der Waals surface area contributed by atoms with Crippen LogP contribution in [-0.4, -0.2) is 5.11 Å². The third kappa shape index (κ3) is 4.95. The van der Waals surface area contributed by atoms with Crippen LogP contribution in [0.1, 0.15) is 39.4 Å². The number of nitrogens with one attached hydrogen (secondary N) is 2. The van der Waals surface area contributed by atoms with Crippen LogP contribution in [0.25, 0.3) is 0 Å². The second-order valence-corrected chi connectivity index (χ2v) is 7.59. The van der Waals surface area contributed by atoms with Gasteiger partial charge < -0.3 is 10.6 Å². The molecule has 1 unspecified atom stereocenters. The highest BCUT2D eigenvalue weighted by molar-refractivity contribution is 7.80. The Morgan fingerprint density at radius 1 is 0.778 bits per heavy atom. The predicted molar refractivity (Wildman–Crippen MR) is 119 cm³/mol. The quantitative estimate of drug-likeness (QED) is 0.548. The summed E-state index contributed by atoms with van der Waals surface area (Å²) in [6, 6.07) is 23.4. The highest BCUT2D eigenvalue weighted by atomic mass is 32.1. The first-order valence-electron chi connectivity index (χ1n) is 9.20. The highest BCUT2D eigenvalue weighted by Crippen LogP contribution is 2.26. The van der Waals surface area contributed by atoms with Gasteiger partial charge in [0.2, 0.25) is 0 Å². The minimum absolute atomic E-state index is 0.00212. The van der Waals surface area contributed by atoms with Crippen LogP contribution in [-0.2, 0) is 0 Å². The number of hydrogen-bond acceptors (Lipinski definition) is 1. The van der Waals surface area contributed by atoms with Crippen molar-refractivity contribution in [2.75, 3.05) is 5.32 Å². The first-order valence-corrected chi connectivity index (χ1v) is 9.61. The van der Waals surface area contributed by atoms with Crippen LogP contribution in [0.2, 0.25) is 0 Å². The molecule has 0 saturated carbocycles. The van der Waals surface area contributed by atoms with Crippen LogP contribution >= 0.6 is 12.2 Å². The molecule has 0 heterocycles. The van der Waals surface area contributed by atoms with Crippen molar-refractivity contribution in [3.05, 3.63) is 100 Å². The molecular weight excluding hydrogens is 348 g/mol. The fourth-order valence-corrected chi connectivity index (χ4v) is 3.72. The molecule has 0 saturated heterocycles. The van der Waals surface area contributed by atoms with E-state index in [4.69, 9.17) is 12.2 Å². The smallest absolute Gasteiger partial charge is 0.171 e. The van der Waals surface area contributed by atoms with Crippen LogP contribution in [0.15, 0.2) is 66.7 Å². The standard InChI is InChI=1S/C24H26N2S/c1-16-10-11-22(19(4)13-16)23(20-8-6-5-7-9-20)26-24(27)25-21-14-17(2)12-18(3)15-21/h5-15,23H,1-4H3,(H2,25,26,27). The predicted octanol–water partition coefficient (Wildman–Crippen LogP) is 6.00. The van der Waals surface area contributed by atoms with Crippen molar-refractivity contribution in [2.24, 2.45) is 0 Å². The van der Waals surface area contributed by atoms with Gasteiger partial charge in [-0.25, -0.2) is 0 Å². The van der Waals surface area contributed by atoms with Gasteiger partial charge in [-0.15, -0.1) is 0 Å². The maximum absolute atomic E-state index is 5.65. The third-order valence-corrected chi connectivity index (χ3v) is 4.84. The first kappa shape index (κ1) is 19.1. The van der Waals surface area contributed by atoms with E-state index in [0.717, 1.165) is 5.69 Å². The summed E-state index contributed by atoms with van der Waals surface area (Å²) in [5.41, 5.74) is 8.39. The highest BCUT2D eigenvalue weighted by Gasteiger charge is 2.17. The Morgan fingerprint density at radius 3 is 2.07 bits per heavy atom. The summed E-state index contributed by atoms with van der Waals surface area (Å²) in [6.45, 7) is 8.46. The minimum Gasteiger partial charge on any atom is -0.352 e. The Hall–Kier alpha value is -2.65. The van der Waals surface area contributed by atoms with E-state index in [1.54, 1.807) is 0 Å². The molecule has 0 amide bonds. The second kappa shape index (κ2) is 8.36. The molecule has 3 aromatic rings. The van der Waals surface area contributed by atoms with Gasteiger partial charge in [-0.3, -0.25) is 0 Å². The molecule has 3 rings (SSSR count). The van der Waals surface area contributed by atoms with Gasteiger partial charge in [-0.2, -0.15) is 0 Å². The van der Waals surface area contributed by atoms with Crippen molar-refractivity contribution in [3.63, 3.8) is 0 Å². The average molecular weight is 375 g/mol. The molecule has 0 aliphatic rings. The SMILES string of the molecule is Cc1cc(C)cc(NC(=S)NC(c2ccccc2)c2ccc(C)cc2C)c1. The van der Waals surface area contributed by atoms with E-state index >= 15 is 0 Å². The van der Waals surface area contributed by atoms with E-state index in [1.165, 1.54) is 33.4 Å². The monoisotopic (exact) mass is 374 g/mol. The number of hydrogen-bond donors (Lipinski definition) is 2. The van der Waals surface area contributed by atoms with Crippen LogP contribution in [0.4, 0.5) is 5.69 Å². The van der Waals surface area contributed by atoms with Crippen LogP contribution in [0, 0.1) is 27.7 Å². The molecule has 3 aromatic carbocycles. The molecule has 1 atom stereocenters. The zero-order valence-electron chi connectivity index (χ0n) is 16.3. The summed E-state index contributed by atoms with van der Waals surface area (Å²) in [5.74, 6) is 0. The van der Waals surface area contributed by atoms with Crippen molar-refractivity contribution in [3.8, 4) is 0 Å². The fourth-order valence-electron chi connectivity index (χ4n) is 3.48. The summed E-state index contributed by atoms with van der Waals surface area (Å²) in [7, 11) is 0. The normalized spacial score (nSPS) is 11.7. The van der Waals surface area contributed by atoms with E-state index in [0.29, 0.717) is 5.11 Å². The lowest BCUT2D eigenvalue weighted by molar-refractivity contribution is 0.762. The molecule has 27 heavy (non-hydrogen) atoms. The van der Waals surface area contributed by atoms with Crippen molar-refractivity contribution in [1.29, 1.82) is 0 Å². The largest absolute Gasteiger partial charge is 0.352 e. The molecule has 0 bridgehead atoms. The topological polar surface area (TPSA) is 24.1 Å². The molecule has 0 radical (unpaired) electrons. The maximum Gasteiger partial charge on any atom is 0.171 e. The number of rotatable bonds is 4. The van der Waals surface area contributed by atoms with Crippen molar-refractivity contribution >= 4 is 23.0 Å². The Morgan fingerprint density at radius 2 is 1.44 bits per heavy atom. The van der Waals surface area contributed by atoms with Crippen molar-refractivity contribution < 1.29 is 0 Å². The van der Waals surface area contributed by atoms with E-state index in [9.17, 15) is 0 Å². The number of thiocarbonyl (C=S) groups is 1. The molecule has 2 N–H and O–H groups in total. The third-order valence-electron chi connectivity index (χ3n) is 4.62. The molecule has 3 heteroatoms. The van der Waals surface area contributed by atoms with Crippen LogP contribution in [0.5, 0.6) is 0 Å². The number of aryl methyl sites for hydroxylation is 4. The van der Waals surface area contributed by atoms with Gasteiger partial charge in [-0.1, -0.05) is 60.2 Å². The fraction of sp³-hybridized carbons (Fsp3) is 0.208. The Bertz CT molecular complexity index is 928. The number of benzene rings is 3. The molecule has 0 aromatic heterocycles. The molecule has 0 aliphatic carbocycles. The maximum atomic E-state index is 5.65. The van der Waals surface area contributed by atoms with Crippen molar-refractivity contribution in [2.45, 2.75) is 33.7 Å². The van der Waals surface area contributed by atoms with Gasteiger partial charge in [0.25, 0.3) is 0 Å². The zero-order chi connectivity index (χ0) is 19.4. The van der Waals surface area contributed by atoms with Crippen LogP contribution in [0.3, 0.4) is 0 Å². The van der Waals surface area contributed by atoms with Gasteiger partial charge in [0, 0.05) is 5.69 Å². The van der Waals surface area contributed by atoms with Gasteiger partial charge in [-0.05, 0) is 79.9 Å². The molecule has 0 fully saturated rings. The van der Waals surface area contributed by atoms with E-state index in [1.807, 2.05) is 6.07 Å². The molecular formula is C24H26N2S. The van der Waals surface area contributed by atoms with Crippen molar-refractivity contribution in [1.82, 2.24) is 5.32 Å². The van der Waals surface area contributed by atoms with Gasteiger partial charge in [0.15, 0.2) is 5.11 Å². The summed E-state index contributed by atoms with van der Waals surface area (Å²) >= 11 is 5.65. The molecule has 138 valence electrons. The van der Waals surface area contributed by atoms with Crippen LogP contribution < -0.4 is 10.6 Å². The first-order chi connectivity index (χ1) is 12.9. The lowest BCUT2D eigenvalue weighted by Gasteiger charge is -2.24. The summed E-state index contributed by atoms with van der Waals surface area (Å²) < 4.78 is 0. The Kier molecular flexibility index (Phi) is 5.92. The zero-order valence-corrected chi connectivity index (χ0v) is 17.2. The summed E-state index contributed by atoms with van der Waals surface area (Å²) in [4.78, 5) is 0. The molecule has 0 aliphatic heterocycles. The minimum atomic E-state index is -0.00212. The Labute approximate surface area is 167 Å². The van der Waals surface area contributed by atoms with E-state index in [-0.39, 0.29) is 6.04 Å². The van der Waals surface area contributed by atoms with Gasteiger partial charge in [0.05, 0.1) is 6.04 Å². The summed E-state index contributed by atoms with van der Waals surface area (Å²) in [5, 5.41) is 7.48. The van der Waals surface area contributed by atoms with Gasteiger partial charge in [0.1, 0.15) is 0 Å². The summed E-state index contributed by atoms with van der Waals surface area (Å²) in [6.07, 6.45) is 0. The Balaban J connectivity index is 1.88. The molecule has 0 spiro atoms. The lowest BCUT2D eigenvalue weighted by atomic mass is 9.94. The second-order valence-electron chi connectivity index (χ2n) is 7.18. The van der Waals surface area contributed by atoms with Gasteiger partial charge >= 0.3 is 0 Å². The van der Waals surface area contributed by atoms with E-state index in [2.05, 4.69) is 99.0 Å².